The molecule has 0 aliphatic heterocycles. The molecule has 0 bridgehead atoms. The van der Waals surface area contributed by atoms with Crippen molar-refractivity contribution in [2.75, 3.05) is 5.32 Å². The van der Waals surface area contributed by atoms with Crippen molar-refractivity contribution in [2.24, 2.45) is 5.92 Å². The first-order chi connectivity index (χ1) is 14.9. The summed E-state index contributed by atoms with van der Waals surface area (Å²) in [6.07, 6.45) is 5.61. The van der Waals surface area contributed by atoms with Crippen molar-refractivity contribution in [3.05, 3.63) is 71.3 Å². The Balaban J connectivity index is 1.88. The molecule has 1 aromatic carbocycles. The molecule has 2 aromatic heterocycles. The number of benzene rings is 1. The Morgan fingerprint density at radius 2 is 2.03 bits per heavy atom. The highest BCUT2D eigenvalue weighted by Gasteiger charge is 2.13. The smallest absolute Gasteiger partial charge is 0.222 e. The molecule has 0 spiro atoms. The van der Waals surface area contributed by atoms with Gasteiger partial charge in [-0.25, -0.2) is 4.98 Å². The Labute approximate surface area is 183 Å². The van der Waals surface area contributed by atoms with Crippen molar-refractivity contribution in [2.45, 2.75) is 47.8 Å². The third kappa shape index (κ3) is 5.40. The van der Waals surface area contributed by atoms with Crippen LogP contribution in [0.2, 0.25) is 0 Å². The van der Waals surface area contributed by atoms with E-state index < -0.39 is 0 Å². The number of nitrogens with one attached hydrogen (secondary N) is 2. The van der Waals surface area contributed by atoms with Crippen molar-refractivity contribution in [1.82, 2.24) is 15.3 Å². The van der Waals surface area contributed by atoms with Gasteiger partial charge in [-0.3, -0.25) is 9.78 Å². The summed E-state index contributed by atoms with van der Waals surface area (Å²) < 4.78 is 6.23. The van der Waals surface area contributed by atoms with Gasteiger partial charge in [-0.1, -0.05) is 32.1 Å². The molecule has 6 heteroatoms. The fraction of sp³-hybridized carbons (Fsp3) is 0.320. The van der Waals surface area contributed by atoms with Gasteiger partial charge in [0, 0.05) is 34.4 Å². The maximum Gasteiger partial charge on any atom is 0.222 e. The first kappa shape index (κ1) is 22.3. The lowest BCUT2D eigenvalue weighted by atomic mass is 10.1. The SMILES string of the molecule is C/C=C\Nc1cc(C)nc2c(OCc3c(C)ccnc3CNC(=O)C(C)C)cccc12. The fourth-order valence-electron chi connectivity index (χ4n) is 3.28. The number of pyridine rings is 2. The molecule has 0 aliphatic carbocycles. The first-order valence-electron chi connectivity index (χ1n) is 10.5. The molecule has 0 fully saturated rings. The van der Waals surface area contributed by atoms with Gasteiger partial charge in [0.1, 0.15) is 17.9 Å². The summed E-state index contributed by atoms with van der Waals surface area (Å²) in [6, 6.07) is 9.90. The second-order valence-electron chi connectivity index (χ2n) is 7.82. The molecule has 0 saturated heterocycles. The van der Waals surface area contributed by atoms with Crippen LogP contribution in [-0.4, -0.2) is 15.9 Å². The second-order valence-corrected chi connectivity index (χ2v) is 7.82. The van der Waals surface area contributed by atoms with Gasteiger partial charge in [0.2, 0.25) is 5.91 Å². The minimum absolute atomic E-state index is 0.00469. The minimum Gasteiger partial charge on any atom is -0.487 e. The predicted molar refractivity (Wildman–Crippen MR) is 125 cm³/mol. The van der Waals surface area contributed by atoms with Crippen LogP contribution < -0.4 is 15.4 Å². The Morgan fingerprint density at radius 1 is 1.23 bits per heavy atom. The Morgan fingerprint density at radius 3 is 2.77 bits per heavy atom. The number of aryl methyl sites for hydroxylation is 2. The maximum absolute atomic E-state index is 12.0. The van der Waals surface area contributed by atoms with E-state index in [1.54, 1.807) is 6.20 Å². The number of aromatic nitrogens is 2. The van der Waals surface area contributed by atoms with Crippen molar-refractivity contribution in [3.8, 4) is 5.75 Å². The van der Waals surface area contributed by atoms with E-state index in [0.29, 0.717) is 18.9 Å². The summed E-state index contributed by atoms with van der Waals surface area (Å²) in [5.74, 6) is 0.648. The normalized spacial score (nSPS) is 11.3. The number of allylic oxidation sites excluding steroid dienone is 1. The third-order valence-corrected chi connectivity index (χ3v) is 5.04. The van der Waals surface area contributed by atoms with Crippen LogP contribution in [0, 0.1) is 19.8 Å². The fourth-order valence-corrected chi connectivity index (χ4v) is 3.28. The zero-order chi connectivity index (χ0) is 22.4. The minimum atomic E-state index is -0.0696. The van der Waals surface area contributed by atoms with Crippen LogP contribution in [0.3, 0.4) is 0 Å². The largest absolute Gasteiger partial charge is 0.487 e. The van der Waals surface area contributed by atoms with Crippen molar-refractivity contribution in [1.29, 1.82) is 0 Å². The number of anilines is 1. The van der Waals surface area contributed by atoms with E-state index in [1.807, 2.05) is 77.2 Å². The van der Waals surface area contributed by atoms with Crippen LogP contribution in [0.5, 0.6) is 5.75 Å². The number of ether oxygens (including phenoxy) is 1. The summed E-state index contributed by atoms with van der Waals surface area (Å²) >= 11 is 0. The highest BCUT2D eigenvalue weighted by Crippen LogP contribution is 2.31. The molecular formula is C25H30N4O2. The molecule has 3 aromatic rings. The molecule has 162 valence electrons. The monoisotopic (exact) mass is 418 g/mol. The molecule has 1 amide bonds. The van der Waals surface area contributed by atoms with E-state index in [2.05, 4.69) is 15.6 Å². The summed E-state index contributed by atoms with van der Waals surface area (Å²) in [5.41, 5.74) is 5.57. The lowest BCUT2D eigenvalue weighted by molar-refractivity contribution is -0.124. The van der Waals surface area contributed by atoms with Gasteiger partial charge >= 0.3 is 0 Å². The van der Waals surface area contributed by atoms with E-state index in [0.717, 1.165) is 39.1 Å². The van der Waals surface area contributed by atoms with Crippen molar-refractivity contribution in [3.63, 3.8) is 0 Å². The van der Waals surface area contributed by atoms with Gasteiger partial charge < -0.3 is 15.4 Å². The Hall–Kier alpha value is -3.41. The van der Waals surface area contributed by atoms with Crippen LogP contribution in [0.1, 0.15) is 43.3 Å². The molecule has 2 heterocycles. The average Bonchev–Trinajstić information content (AvgIpc) is 2.75. The zero-order valence-electron chi connectivity index (χ0n) is 18.8. The molecule has 0 atom stereocenters. The molecule has 31 heavy (non-hydrogen) atoms. The average molecular weight is 419 g/mol. The topological polar surface area (TPSA) is 76.1 Å². The van der Waals surface area contributed by atoms with Crippen molar-refractivity contribution >= 4 is 22.5 Å². The molecule has 6 nitrogen and oxygen atoms in total. The molecule has 0 radical (unpaired) electrons. The van der Waals surface area contributed by atoms with E-state index >= 15 is 0 Å². The number of carbonyl (C=O) groups excluding carboxylic acids is 1. The lowest BCUT2D eigenvalue weighted by Gasteiger charge is -2.16. The van der Waals surface area contributed by atoms with Gasteiger partial charge in [0.25, 0.3) is 0 Å². The van der Waals surface area contributed by atoms with Gasteiger partial charge in [-0.05, 0) is 50.7 Å². The highest BCUT2D eigenvalue weighted by atomic mass is 16.5. The molecule has 0 unspecified atom stereocenters. The van der Waals surface area contributed by atoms with Crippen molar-refractivity contribution < 1.29 is 9.53 Å². The van der Waals surface area contributed by atoms with Crippen LogP contribution in [0.4, 0.5) is 5.69 Å². The molecular weight excluding hydrogens is 388 g/mol. The number of carbonyl (C=O) groups is 1. The van der Waals surface area contributed by atoms with Crippen LogP contribution in [0.25, 0.3) is 10.9 Å². The van der Waals surface area contributed by atoms with E-state index in [1.165, 1.54) is 0 Å². The number of amides is 1. The third-order valence-electron chi connectivity index (χ3n) is 5.04. The van der Waals surface area contributed by atoms with Crippen LogP contribution >= 0.6 is 0 Å². The summed E-state index contributed by atoms with van der Waals surface area (Å²) in [4.78, 5) is 21.2. The Kier molecular flexibility index (Phi) is 7.23. The molecule has 3 rings (SSSR count). The number of fused-ring (bicyclic) bond motifs is 1. The number of rotatable bonds is 8. The number of nitrogens with zero attached hydrogens (tertiary/aromatic N) is 2. The molecule has 0 saturated carbocycles. The second kappa shape index (κ2) is 10.1. The van der Waals surface area contributed by atoms with E-state index in [4.69, 9.17) is 9.72 Å². The lowest BCUT2D eigenvalue weighted by Crippen LogP contribution is -2.28. The maximum atomic E-state index is 12.0. The van der Waals surface area contributed by atoms with Gasteiger partial charge in [-0.15, -0.1) is 0 Å². The van der Waals surface area contributed by atoms with E-state index in [9.17, 15) is 4.79 Å². The quantitative estimate of drug-likeness (QED) is 0.536. The number of hydrogen-bond acceptors (Lipinski definition) is 5. The zero-order valence-corrected chi connectivity index (χ0v) is 18.8. The highest BCUT2D eigenvalue weighted by molar-refractivity contribution is 5.95. The predicted octanol–water partition coefficient (Wildman–Crippen LogP) is 5.04. The summed E-state index contributed by atoms with van der Waals surface area (Å²) in [6.45, 7) is 10.4. The Bertz CT molecular complexity index is 1110. The standard InChI is InChI=1S/C25H30N4O2/c1-6-11-26-21-13-18(5)29-24-19(21)8-7-9-23(24)31-15-20-17(4)10-12-27-22(20)14-28-25(30)16(2)3/h6-13,16H,14-15H2,1-5H3,(H,26,29)(H,28,30)/b11-6-. The van der Waals surface area contributed by atoms with Gasteiger partial charge in [0.15, 0.2) is 0 Å². The first-order valence-corrected chi connectivity index (χ1v) is 10.5. The van der Waals surface area contributed by atoms with E-state index in [-0.39, 0.29) is 11.8 Å². The van der Waals surface area contributed by atoms with Gasteiger partial charge in [0.05, 0.1) is 12.2 Å². The molecule has 2 N–H and O–H groups in total. The van der Waals surface area contributed by atoms with Gasteiger partial charge in [-0.2, -0.15) is 0 Å². The number of hydrogen-bond donors (Lipinski definition) is 2. The molecule has 0 aliphatic rings. The number of para-hydroxylation sites is 1. The van der Waals surface area contributed by atoms with Crippen LogP contribution in [-0.2, 0) is 17.9 Å². The summed E-state index contributed by atoms with van der Waals surface area (Å²) in [7, 11) is 0. The summed E-state index contributed by atoms with van der Waals surface area (Å²) in [5, 5.41) is 7.25. The van der Waals surface area contributed by atoms with Crippen LogP contribution in [0.15, 0.2) is 48.8 Å².